The maximum absolute atomic E-state index is 12.1. The van der Waals surface area contributed by atoms with E-state index >= 15 is 0 Å². The molecule has 4 rings (SSSR count). The summed E-state index contributed by atoms with van der Waals surface area (Å²) in [6.07, 6.45) is 1.10. The number of carbonyl (C=O) groups is 2. The quantitative estimate of drug-likeness (QED) is 0.609. The van der Waals surface area contributed by atoms with Crippen LogP contribution in [-0.2, 0) is 9.53 Å². The van der Waals surface area contributed by atoms with Crippen molar-refractivity contribution >= 4 is 17.6 Å². The molecule has 2 aromatic rings. The van der Waals surface area contributed by atoms with Gasteiger partial charge in [-0.15, -0.1) is 0 Å². The monoisotopic (exact) mass is 421 g/mol. The van der Waals surface area contributed by atoms with Gasteiger partial charge in [-0.05, 0) is 18.6 Å². The van der Waals surface area contributed by atoms with E-state index in [1.165, 1.54) is 11.0 Å². The van der Waals surface area contributed by atoms with Gasteiger partial charge in [0, 0.05) is 43.8 Å². The summed E-state index contributed by atoms with van der Waals surface area (Å²) in [5.41, 5.74) is 5.09. The molecule has 0 radical (unpaired) electrons. The lowest BCUT2D eigenvalue weighted by Gasteiger charge is -2.13. The Bertz CT molecular complexity index is 1090. The van der Waals surface area contributed by atoms with Crippen molar-refractivity contribution in [2.45, 2.75) is 24.5 Å². The number of likely N-dealkylation sites (tertiary alicyclic amines) is 1. The van der Waals surface area contributed by atoms with E-state index in [9.17, 15) is 14.7 Å². The number of benzene rings is 1. The Morgan fingerprint density at radius 2 is 2.23 bits per heavy atom. The van der Waals surface area contributed by atoms with E-state index in [1.54, 1.807) is 31.3 Å². The van der Waals surface area contributed by atoms with Crippen LogP contribution in [0, 0.1) is 11.8 Å². The van der Waals surface area contributed by atoms with Crippen LogP contribution >= 0.6 is 0 Å². The molecule has 3 heterocycles. The number of aliphatic hydroxyl groups is 1. The second-order valence-electron chi connectivity index (χ2n) is 7.70. The number of ether oxygens (including phenoxy) is 1. The number of nitrogens with one attached hydrogen (secondary N) is 1. The first-order chi connectivity index (χ1) is 14.8. The Labute approximate surface area is 179 Å². The Balaban J connectivity index is 1.64. The molecule has 31 heavy (non-hydrogen) atoms. The van der Waals surface area contributed by atoms with Crippen LogP contribution < -0.4 is 11.1 Å². The zero-order valence-electron chi connectivity index (χ0n) is 17.1. The lowest BCUT2D eigenvalue weighted by atomic mass is 10.0. The highest BCUT2D eigenvalue weighted by atomic mass is 16.5. The van der Waals surface area contributed by atoms with E-state index in [4.69, 9.17) is 10.5 Å². The smallest absolute Gasteiger partial charge is 0.267 e. The standard InChI is InChI=1S/C22H23N5O4/c1-27-9-8-22(30,21(27)29)7-5-14-3-2-4-15(11-14)20-25-17(19(23)28)12-18(26-20)24-16-6-10-31-13-16/h2-4,11-12,16,30H,6,8-10,13H2,1H3,(H2,23,28)(H,24,25,26)/t16-,22?/m1/s1. The molecule has 1 aromatic carbocycles. The molecule has 2 atom stereocenters. The number of likely N-dealkylation sites (N-methyl/N-ethyl adjacent to an activating group) is 1. The van der Waals surface area contributed by atoms with Gasteiger partial charge in [-0.3, -0.25) is 9.59 Å². The van der Waals surface area contributed by atoms with Gasteiger partial charge in [-0.2, -0.15) is 0 Å². The fraction of sp³-hybridized carbons (Fsp3) is 0.364. The van der Waals surface area contributed by atoms with E-state index in [-0.39, 0.29) is 18.2 Å². The molecule has 0 saturated carbocycles. The minimum Gasteiger partial charge on any atom is -0.379 e. The number of nitrogens with zero attached hydrogens (tertiary/aromatic N) is 3. The van der Waals surface area contributed by atoms with Crippen molar-refractivity contribution < 1.29 is 19.4 Å². The predicted octanol–water partition coefficient (Wildman–Crippen LogP) is 0.388. The van der Waals surface area contributed by atoms with Gasteiger partial charge < -0.3 is 25.8 Å². The molecule has 1 unspecified atom stereocenters. The molecule has 0 spiro atoms. The second-order valence-corrected chi connectivity index (χ2v) is 7.70. The lowest BCUT2D eigenvalue weighted by molar-refractivity contribution is -0.137. The molecule has 1 aromatic heterocycles. The average Bonchev–Trinajstić information content (AvgIpc) is 3.36. The fourth-order valence-corrected chi connectivity index (χ4v) is 3.52. The minimum absolute atomic E-state index is 0.0943. The first-order valence-corrected chi connectivity index (χ1v) is 9.99. The Morgan fingerprint density at radius 3 is 2.90 bits per heavy atom. The third kappa shape index (κ3) is 4.50. The molecule has 160 valence electrons. The number of hydrogen-bond acceptors (Lipinski definition) is 7. The SMILES string of the molecule is CN1CCC(O)(C#Cc2cccc(-c3nc(N[C@@H]4CCOC4)cc(C(N)=O)n3)c2)C1=O. The van der Waals surface area contributed by atoms with Crippen molar-refractivity contribution in [1.29, 1.82) is 0 Å². The largest absolute Gasteiger partial charge is 0.379 e. The topological polar surface area (TPSA) is 131 Å². The number of rotatable bonds is 4. The first kappa shape index (κ1) is 20.8. The number of primary amides is 1. The van der Waals surface area contributed by atoms with Crippen molar-refractivity contribution in [2.24, 2.45) is 5.73 Å². The maximum atomic E-state index is 12.1. The van der Waals surface area contributed by atoms with Crippen LogP contribution in [0.3, 0.4) is 0 Å². The number of anilines is 1. The van der Waals surface area contributed by atoms with Crippen LogP contribution in [0.4, 0.5) is 5.82 Å². The second kappa shape index (κ2) is 8.34. The molecule has 2 aliphatic rings. The van der Waals surface area contributed by atoms with Crippen LogP contribution in [0.1, 0.15) is 28.9 Å². The van der Waals surface area contributed by atoms with Crippen LogP contribution in [0.2, 0.25) is 0 Å². The molecule has 9 heteroatoms. The van der Waals surface area contributed by atoms with Crippen molar-refractivity contribution in [2.75, 3.05) is 32.1 Å². The fourth-order valence-electron chi connectivity index (χ4n) is 3.52. The van der Waals surface area contributed by atoms with Crippen molar-refractivity contribution in [3.63, 3.8) is 0 Å². The third-order valence-electron chi connectivity index (χ3n) is 5.30. The summed E-state index contributed by atoms with van der Waals surface area (Å²) in [5.74, 6) is 5.31. The van der Waals surface area contributed by atoms with E-state index in [0.29, 0.717) is 42.5 Å². The summed E-state index contributed by atoms with van der Waals surface area (Å²) in [4.78, 5) is 34.1. The summed E-state index contributed by atoms with van der Waals surface area (Å²) in [5, 5.41) is 13.7. The zero-order chi connectivity index (χ0) is 22.0. The molecule has 2 aliphatic heterocycles. The molecule has 2 saturated heterocycles. The highest BCUT2D eigenvalue weighted by Gasteiger charge is 2.42. The van der Waals surface area contributed by atoms with E-state index in [1.807, 2.05) is 0 Å². The molecule has 2 amide bonds. The van der Waals surface area contributed by atoms with Gasteiger partial charge in [-0.1, -0.05) is 24.0 Å². The Morgan fingerprint density at radius 1 is 1.39 bits per heavy atom. The van der Waals surface area contributed by atoms with Gasteiger partial charge in [0.25, 0.3) is 11.8 Å². The van der Waals surface area contributed by atoms with Gasteiger partial charge in [0.05, 0.1) is 12.6 Å². The summed E-state index contributed by atoms with van der Waals surface area (Å²) in [6.45, 7) is 1.69. The van der Waals surface area contributed by atoms with Crippen LogP contribution in [0.5, 0.6) is 0 Å². The van der Waals surface area contributed by atoms with E-state index in [0.717, 1.165) is 6.42 Å². The van der Waals surface area contributed by atoms with Gasteiger partial charge in [0.15, 0.2) is 5.82 Å². The first-order valence-electron chi connectivity index (χ1n) is 9.99. The minimum atomic E-state index is -1.67. The Hall–Kier alpha value is -3.48. The highest BCUT2D eigenvalue weighted by molar-refractivity contribution is 5.92. The number of carbonyl (C=O) groups excluding carboxylic acids is 2. The summed E-state index contributed by atoms with van der Waals surface area (Å²) in [6, 6.07) is 8.67. The lowest BCUT2D eigenvalue weighted by Crippen LogP contribution is -2.37. The average molecular weight is 421 g/mol. The molecular formula is C22H23N5O4. The Kier molecular flexibility index (Phi) is 5.59. The normalized spacial score (nSPS) is 22.8. The molecule has 2 fully saturated rings. The maximum Gasteiger partial charge on any atom is 0.267 e. The van der Waals surface area contributed by atoms with Crippen molar-refractivity contribution in [1.82, 2.24) is 14.9 Å². The van der Waals surface area contributed by atoms with E-state index < -0.39 is 17.4 Å². The number of aromatic nitrogens is 2. The summed E-state index contributed by atoms with van der Waals surface area (Å²) >= 11 is 0. The van der Waals surface area contributed by atoms with Crippen LogP contribution in [-0.4, -0.2) is 70.2 Å². The van der Waals surface area contributed by atoms with Crippen molar-refractivity contribution in [3.8, 4) is 23.2 Å². The summed E-state index contributed by atoms with van der Waals surface area (Å²) in [7, 11) is 1.63. The van der Waals surface area contributed by atoms with Gasteiger partial charge >= 0.3 is 0 Å². The van der Waals surface area contributed by atoms with Gasteiger partial charge in [-0.25, -0.2) is 9.97 Å². The number of nitrogens with two attached hydrogens (primary N) is 1. The third-order valence-corrected chi connectivity index (χ3v) is 5.30. The van der Waals surface area contributed by atoms with Gasteiger partial charge in [0.2, 0.25) is 5.60 Å². The summed E-state index contributed by atoms with van der Waals surface area (Å²) < 4.78 is 5.37. The zero-order valence-corrected chi connectivity index (χ0v) is 17.1. The molecule has 4 N–H and O–H groups in total. The predicted molar refractivity (Wildman–Crippen MR) is 113 cm³/mol. The molecular weight excluding hydrogens is 398 g/mol. The van der Waals surface area contributed by atoms with Crippen LogP contribution in [0.15, 0.2) is 30.3 Å². The van der Waals surface area contributed by atoms with E-state index in [2.05, 4.69) is 27.1 Å². The highest BCUT2D eigenvalue weighted by Crippen LogP contribution is 2.23. The molecule has 9 nitrogen and oxygen atoms in total. The number of hydrogen-bond donors (Lipinski definition) is 3. The van der Waals surface area contributed by atoms with Crippen molar-refractivity contribution in [3.05, 3.63) is 41.6 Å². The number of amides is 2. The molecule has 0 bridgehead atoms. The molecule has 0 aliphatic carbocycles. The van der Waals surface area contributed by atoms with Crippen LogP contribution in [0.25, 0.3) is 11.4 Å². The van der Waals surface area contributed by atoms with Gasteiger partial charge in [0.1, 0.15) is 11.5 Å².